The van der Waals surface area contributed by atoms with E-state index in [1.807, 2.05) is 54.6 Å². The summed E-state index contributed by atoms with van der Waals surface area (Å²) in [5, 5.41) is 11.5. The van der Waals surface area contributed by atoms with E-state index in [0.29, 0.717) is 18.7 Å². The van der Waals surface area contributed by atoms with Crippen molar-refractivity contribution in [3.05, 3.63) is 71.9 Å². The molecular formula is C22H20N2O3. The number of benzene rings is 2. The second-order valence-corrected chi connectivity index (χ2v) is 7.23. The number of hydrogen-bond donors (Lipinski definition) is 1. The average Bonchev–Trinajstić information content (AvgIpc) is 3.04. The Labute approximate surface area is 157 Å². The third kappa shape index (κ3) is 3.05. The van der Waals surface area contributed by atoms with Crippen molar-refractivity contribution < 1.29 is 14.7 Å². The molecule has 3 aromatic rings. The summed E-state index contributed by atoms with van der Waals surface area (Å²) in [6.45, 7) is 0. The Kier molecular flexibility index (Phi) is 4.15. The number of aromatic nitrogens is 1. The molecule has 0 saturated carbocycles. The van der Waals surface area contributed by atoms with Crippen LogP contribution in [-0.4, -0.2) is 29.0 Å². The molecule has 1 amide bonds. The summed E-state index contributed by atoms with van der Waals surface area (Å²) in [5.41, 5.74) is 1.12. The van der Waals surface area contributed by atoms with Gasteiger partial charge in [0.25, 0.3) is 0 Å². The minimum atomic E-state index is -0.975. The third-order valence-corrected chi connectivity index (χ3v) is 5.38. The number of aliphatic carboxylic acids is 1. The largest absolute Gasteiger partial charge is 0.481 e. The van der Waals surface area contributed by atoms with Crippen molar-refractivity contribution in [2.45, 2.75) is 19.3 Å². The lowest BCUT2D eigenvalue weighted by Gasteiger charge is -2.30. The molecule has 27 heavy (non-hydrogen) atoms. The first-order chi connectivity index (χ1) is 13.0. The summed E-state index contributed by atoms with van der Waals surface area (Å²) in [7, 11) is 1.67. The minimum Gasteiger partial charge on any atom is -0.481 e. The number of anilines is 1. The van der Waals surface area contributed by atoms with Crippen LogP contribution in [-0.2, 0) is 22.4 Å². The second-order valence-electron chi connectivity index (χ2n) is 7.23. The molecule has 0 fully saturated rings. The van der Waals surface area contributed by atoms with Gasteiger partial charge in [0.2, 0.25) is 5.91 Å². The molecule has 0 aliphatic heterocycles. The van der Waals surface area contributed by atoms with Gasteiger partial charge in [0.15, 0.2) is 0 Å². The van der Waals surface area contributed by atoms with Crippen LogP contribution >= 0.6 is 0 Å². The fourth-order valence-corrected chi connectivity index (χ4v) is 4.05. The normalized spacial score (nSPS) is 14.7. The van der Waals surface area contributed by atoms with Crippen molar-refractivity contribution in [1.29, 1.82) is 0 Å². The van der Waals surface area contributed by atoms with E-state index in [1.54, 1.807) is 13.2 Å². The Bertz CT molecular complexity index is 1020. The summed E-state index contributed by atoms with van der Waals surface area (Å²) in [6, 6.07) is 17.5. The second kappa shape index (κ2) is 6.50. The van der Waals surface area contributed by atoms with Gasteiger partial charge in [-0.15, -0.1) is 0 Å². The summed E-state index contributed by atoms with van der Waals surface area (Å²) in [6.07, 6.45) is 2.42. The predicted octanol–water partition coefficient (Wildman–Crippen LogP) is 3.46. The highest BCUT2D eigenvalue weighted by atomic mass is 16.4. The van der Waals surface area contributed by atoms with Crippen molar-refractivity contribution in [1.82, 2.24) is 4.98 Å². The van der Waals surface area contributed by atoms with Gasteiger partial charge >= 0.3 is 5.97 Å². The number of fused-ring (bicyclic) bond motifs is 2. The molecular weight excluding hydrogens is 340 g/mol. The highest BCUT2D eigenvalue weighted by molar-refractivity contribution is 6.00. The molecule has 0 bridgehead atoms. The zero-order valence-electron chi connectivity index (χ0n) is 15.1. The van der Waals surface area contributed by atoms with Gasteiger partial charge in [-0.2, -0.15) is 0 Å². The number of carboxylic acids is 1. The van der Waals surface area contributed by atoms with Gasteiger partial charge in [-0.05, 0) is 35.4 Å². The molecule has 1 N–H and O–H groups in total. The highest BCUT2D eigenvalue weighted by Gasteiger charge is 2.47. The zero-order chi connectivity index (χ0) is 19.0. The van der Waals surface area contributed by atoms with Crippen LogP contribution in [0.4, 0.5) is 5.82 Å². The van der Waals surface area contributed by atoms with Gasteiger partial charge in [-0.1, -0.05) is 48.5 Å². The van der Waals surface area contributed by atoms with Crippen LogP contribution in [0.5, 0.6) is 0 Å². The van der Waals surface area contributed by atoms with Gasteiger partial charge < -0.3 is 5.11 Å². The smallest absolute Gasteiger partial charge is 0.304 e. The SMILES string of the molecule is CN(C(=O)C1(CC(=O)O)Cc2ccccc2C1)c1cc2ccccc2cn1. The number of pyridine rings is 1. The van der Waals surface area contributed by atoms with E-state index in [4.69, 9.17) is 0 Å². The summed E-state index contributed by atoms with van der Waals surface area (Å²) in [5.74, 6) is -0.640. The van der Waals surface area contributed by atoms with E-state index in [0.717, 1.165) is 21.9 Å². The number of carboxylic acid groups (broad SMARTS) is 1. The number of nitrogens with zero attached hydrogens (tertiary/aromatic N) is 2. The maximum Gasteiger partial charge on any atom is 0.304 e. The molecule has 1 heterocycles. The van der Waals surface area contributed by atoms with E-state index in [2.05, 4.69) is 4.98 Å². The summed E-state index contributed by atoms with van der Waals surface area (Å²) < 4.78 is 0. The molecule has 4 rings (SSSR count). The van der Waals surface area contributed by atoms with E-state index < -0.39 is 11.4 Å². The van der Waals surface area contributed by atoms with Crippen molar-refractivity contribution >= 4 is 28.5 Å². The van der Waals surface area contributed by atoms with Gasteiger partial charge in [-0.25, -0.2) is 4.98 Å². The molecule has 5 nitrogen and oxygen atoms in total. The van der Waals surface area contributed by atoms with Crippen molar-refractivity contribution in [2.75, 3.05) is 11.9 Å². The number of hydrogen-bond acceptors (Lipinski definition) is 3. The van der Waals surface area contributed by atoms with E-state index in [-0.39, 0.29) is 12.3 Å². The number of amides is 1. The fourth-order valence-electron chi connectivity index (χ4n) is 4.05. The number of carbonyl (C=O) groups excluding carboxylic acids is 1. The Morgan fingerprint density at radius 2 is 1.63 bits per heavy atom. The van der Waals surface area contributed by atoms with E-state index in [9.17, 15) is 14.7 Å². The van der Waals surface area contributed by atoms with E-state index in [1.165, 1.54) is 4.90 Å². The molecule has 2 aromatic carbocycles. The van der Waals surface area contributed by atoms with Gasteiger partial charge in [0.1, 0.15) is 5.82 Å². The van der Waals surface area contributed by atoms with Crippen LogP contribution in [0.3, 0.4) is 0 Å². The first-order valence-corrected chi connectivity index (χ1v) is 8.90. The number of carbonyl (C=O) groups is 2. The van der Waals surface area contributed by atoms with Crippen LogP contribution < -0.4 is 4.90 Å². The lowest BCUT2D eigenvalue weighted by Crippen LogP contribution is -2.44. The molecule has 1 aliphatic rings. The molecule has 136 valence electrons. The topological polar surface area (TPSA) is 70.5 Å². The lowest BCUT2D eigenvalue weighted by atomic mass is 9.80. The fraction of sp³-hybridized carbons (Fsp3) is 0.227. The van der Waals surface area contributed by atoms with Crippen LogP contribution in [0.1, 0.15) is 17.5 Å². The highest BCUT2D eigenvalue weighted by Crippen LogP contribution is 2.41. The lowest BCUT2D eigenvalue weighted by molar-refractivity contribution is -0.144. The first-order valence-electron chi connectivity index (χ1n) is 8.90. The summed E-state index contributed by atoms with van der Waals surface area (Å²) >= 11 is 0. The van der Waals surface area contributed by atoms with Crippen molar-refractivity contribution in [3.63, 3.8) is 0 Å². The van der Waals surface area contributed by atoms with E-state index >= 15 is 0 Å². The Morgan fingerprint density at radius 3 is 2.26 bits per heavy atom. The van der Waals surface area contributed by atoms with Gasteiger partial charge in [0.05, 0.1) is 11.8 Å². The molecule has 0 saturated heterocycles. The average molecular weight is 360 g/mol. The first kappa shape index (κ1) is 17.2. The molecule has 1 aromatic heterocycles. The number of rotatable bonds is 4. The van der Waals surface area contributed by atoms with Crippen molar-refractivity contribution in [3.8, 4) is 0 Å². The molecule has 1 aliphatic carbocycles. The maximum absolute atomic E-state index is 13.4. The molecule has 0 spiro atoms. The van der Waals surface area contributed by atoms with Gasteiger partial charge in [-0.3, -0.25) is 14.5 Å². The Balaban J connectivity index is 1.70. The standard InChI is InChI=1S/C22H20N2O3/c1-24(19-10-15-6-2-5-9-18(15)14-23-19)21(27)22(13-20(25)26)11-16-7-3-4-8-17(16)12-22/h2-10,14H,11-13H2,1H3,(H,25,26). The molecule has 5 heteroatoms. The maximum atomic E-state index is 13.4. The van der Waals surface area contributed by atoms with Crippen LogP contribution in [0.15, 0.2) is 60.8 Å². The Morgan fingerprint density at radius 1 is 1.04 bits per heavy atom. The quantitative estimate of drug-likeness (QED) is 0.773. The monoisotopic (exact) mass is 360 g/mol. The van der Waals surface area contributed by atoms with Crippen LogP contribution in [0.25, 0.3) is 10.8 Å². The minimum absolute atomic E-state index is 0.196. The zero-order valence-corrected chi connectivity index (χ0v) is 15.1. The van der Waals surface area contributed by atoms with Crippen LogP contribution in [0.2, 0.25) is 0 Å². The van der Waals surface area contributed by atoms with Gasteiger partial charge in [0, 0.05) is 18.6 Å². The van der Waals surface area contributed by atoms with Crippen LogP contribution in [0, 0.1) is 5.41 Å². The molecule has 0 atom stereocenters. The summed E-state index contributed by atoms with van der Waals surface area (Å²) in [4.78, 5) is 30.9. The third-order valence-electron chi connectivity index (χ3n) is 5.38. The molecule has 0 unspecified atom stereocenters. The Hall–Kier alpha value is -3.21. The van der Waals surface area contributed by atoms with Crippen molar-refractivity contribution in [2.24, 2.45) is 5.41 Å². The molecule has 0 radical (unpaired) electrons. The predicted molar refractivity (Wildman–Crippen MR) is 104 cm³/mol.